The molecule has 84 valence electrons. The molecule has 1 fully saturated rings. The highest BCUT2D eigenvalue weighted by Crippen LogP contribution is 2.24. The predicted octanol–water partition coefficient (Wildman–Crippen LogP) is 3.52. The molecule has 0 unspecified atom stereocenters. The van der Waals surface area contributed by atoms with Gasteiger partial charge < -0.3 is 4.90 Å². The van der Waals surface area contributed by atoms with Crippen molar-refractivity contribution in [1.29, 1.82) is 0 Å². The van der Waals surface area contributed by atoms with Crippen LogP contribution in [0, 0.1) is 5.92 Å². The fraction of sp³-hybridized carbons (Fsp3) is 1.00. The average Bonchev–Trinajstić information content (AvgIpc) is 2.20. The molecule has 0 aromatic rings. The molecule has 0 radical (unpaired) electrons. The van der Waals surface area contributed by atoms with Gasteiger partial charge in [-0.3, -0.25) is 0 Å². The van der Waals surface area contributed by atoms with Gasteiger partial charge in [-0.05, 0) is 45.2 Å². The molecule has 0 bridgehead atoms. The molecule has 1 rings (SSSR count). The van der Waals surface area contributed by atoms with E-state index in [1.165, 1.54) is 51.6 Å². The van der Waals surface area contributed by atoms with Crippen molar-refractivity contribution in [3.63, 3.8) is 0 Å². The van der Waals surface area contributed by atoms with E-state index in [1.54, 1.807) is 0 Å². The van der Waals surface area contributed by atoms with Gasteiger partial charge in [-0.1, -0.05) is 19.3 Å². The van der Waals surface area contributed by atoms with Crippen molar-refractivity contribution in [1.82, 2.24) is 4.90 Å². The SMILES string of the molecule is CN(CCCCCl)CC1CCCCC1. The zero-order chi connectivity index (χ0) is 10.2. The Bertz CT molecular complexity index is 132. The molecule has 0 aliphatic heterocycles. The summed E-state index contributed by atoms with van der Waals surface area (Å²) in [6, 6.07) is 0. The minimum Gasteiger partial charge on any atom is -0.306 e. The van der Waals surface area contributed by atoms with Gasteiger partial charge in [0.1, 0.15) is 0 Å². The third-order valence-electron chi connectivity index (χ3n) is 3.22. The van der Waals surface area contributed by atoms with Crippen LogP contribution >= 0.6 is 11.6 Å². The summed E-state index contributed by atoms with van der Waals surface area (Å²) in [6.07, 6.45) is 9.72. The largest absolute Gasteiger partial charge is 0.306 e. The number of nitrogens with zero attached hydrogens (tertiary/aromatic N) is 1. The molecule has 0 N–H and O–H groups in total. The molecule has 0 saturated heterocycles. The van der Waals surface area contributed by atoms with Gasteiger partial charge >= 0.3 is 0 Å². The lowest BCUT2D eigenvalue weighted by Crippen LogP contribution is -2.27. The zero-order valence-electron chi connectivity index (χ0n) is 9.47. The van der Waals surface area contributed by atoms with Crippen molar-refractivity contribution in [2.24, 2.45) is 5.92 Å². The van der Waals surface area contributed by atoms with Crippen molar-refractivity contribution < 1.29 is 0 Å². The van der Waals surface area contributed by atoms with Crippen LogP contribution in [0.3, 0.4) is 0 Å². The quantitative estimate of drug-likeness (QED) is 0.486. The van der Waals surface area contributed by atoms with Crippen molar-refractivity contribution in [2.75, 3.05) is 26.0 Å². The van der Waals surface area contributed by atoms with Gasteiger partial charge in [-0.15, -0.1) is 11.6 Å². The fourth-order valence-electron chi connectivity index (χ4n) is 2.38. The maximum atomic E-state index is 5.66. The molecule has 14 heavy (non-hydrogen) atoms. The highest BCUT2D eigenvalue weighted by Gasteiger charge is 2.14. The smallest absolute Gasteiger partial charge is 0.0223 e. The third-order valence-corrected chi connectivity index (χ3v) is 3.49. The van der Waals surface area contributed by atoms with Crippen molar-refractivity contribution in [3.05, 3.63) is 0 Å². The molecule has 1 aliphatic carbocycles. The summed E-state index contributed by atoms with van der Waals surface area (Å²) in [6.45, 7) is 2.53. The molecule has 0 aromatic carbocycles. The standard InChI is InChI=1S/C12H24ClN/c1-14(10-6-5-9-13)11-12-7-3-2-4-8-12/h12H,2-11H2,1H3. The Labute approximate surface area is 93.8 Å². The second-order valence-electron chi connectivity index (χ2n) is 4.66. The fourth-order valence-corrected chi connectivity index (χ4v) is 2.57. The van der Waals surface area contributed by atoms with E-state index in [-0.39, 0.29) is 0 Å². The molecule has 0 spiro atoms. The van der Waals surface area contributed by atoms with Crippen LogP contribution in [0.2, 0.25) is 0 Å². The van der Waals surface area contributed by atoms with E-state index in [0.717, 1.165) is 18.2 Å². The second kappa shape index (κ2) is 7.53. The molecule has 1 aliphatic rings. The van der Waals surface area contributed by atoms with Gasteiger partial charge in [0.2, 0.25) is 0 Å². The zero-order valence-corrected chi connectivity index (χ0v) is 10.2. The molecule has 1 saturated carbocycles. The van der Waals surface area contributed by atoms with Crippen LogP contribution in [0.15, 0.2) is 0 Å². The van der Waals surface area contributed by atoms with E-state index >= 15 is 0 Å². The Kier molecular flexibility index (Phi) is 6.63. The number of unbranched alkanes of at least 4 members (excludes halogenated alkanes) is 1. The normalized spacial score (nSPS) is 19.1. The Morgan fingerprint density at radius 1 is 1.14 bits per heavy atom. The molecule has 0 amide bonds. The van der Waals surface area contributed by atoms with E-state index in [1.807, 2.05) is 0 Å². The lowest BCUT2D eigenvalue weighted by atomic mass is 9.89. The highest BCUT2D eigenvalue weighted by atomic mass is 35.5. The molecular weight excluding hydrogens is 194 g/mol. The molecular formula is C12H24ClN. The monoisotopic (exact) mass is 217 g/mol. The second-order valence-corrected chi connectivity index (χ2v) is 5.04. The van der Waals surface area contributed by atoms with Crippen molar-refractivity contribution in [3.8, 4) is 0 Å². The summed E-state index contributed by atoms with van der Waals surface area (Å²) >= 11 is 5.66. The van der Waals surface area contributed by atoms with Crippen LogP contribution in [0.4, 0.5) is 0 Å². The van der Waals surface area contributed by atoms with E-state index in [9.17, 15) is 0 Å². The molecule has 0 heterocycles. The van der Waals surface area contributed by atoms with Crippen LogP contribution in [0.5, 0.6) is 0 Å². The minimum atomic E-state index is 0.817. The van der Waals surface area contributed by atoms with Gasteiger partial charge in [0.25, 0.3) is 0 Å². The number of hydrogen-bond acceptors (Lipinski definition) is 1. The lowest BCUT2D eigenvalue weighted by Gasteiger charge is -2.26. The van der Waals surface area contributed by atoms with E-state index in [4.69, 9.17) is 11.6 Å². The summed E-state index contributed by atoms with van der Waals surface area (Å²) in [7, 11) is 2.25. The summed E-state index contributed by atoms with van der Waals surface area (Å²) in [5.74, 6) is 1.79. The lowest BCUT2D eigenvalue weighted by molar-refractivity contribution is 0.231. The Morgan fingerprint density at radius 3 is 2.50 bits per heavy atom. The van der Waals surface area contributed by atoms with Gasteiger partial charge in [0, 0.05) is 12.4 Å². The summed E-state index contributed by atoms with van der Waals surface area (Å²) in [4.78, 5) is 2.49. The van der Waals surface area contributed by atoms with Crippen LogP contribution < -0.4 is 0 Å². The molecule has 0 aromatic heterocycles. The summed E-state index contributed by atoms with van der Waals surface area (Å²) in [5.41, 5.74) is 0. The molecule has 1 nitrogen and oxygen atoms in total. The number of hydrogen-bond donors (Lipinski definition) is 0. The van der Waals surface area contributed by atoms with E-state index < -0.39 is 0 Å². The van der Waals surface area contributed by atoms with Crippen molar-refractivity contribution in [2.45, 2.75) is 44.9 Å². The number of rotatable bonds is 6. The predicted molar refractivity (Wildman–Crippen MR) is 64.0 cm³/mol. The summed E-state index contributed by atoms with van der Waals surface area (Å²) < 4.78 is 0. The molecule has 0 atom stereocenters. The van der Waals surface area contributed by atoms with E-state index in [2.05, 4.69) is 11.9 Å². The minimum absolute atomic E-state index is 0.817. The van der Waals surface area contributed by atoms with Crippen LogP contribution in [-0.2, 0) is 0 Å². The number of halogens is 1. The average molecular weight is 218 g/mol. The van der Waals surface area contributed by atoms with Gasteiger partial charge in [0.05, 0.1) is 0 Å². The van der Waals surface area contributed by atoms with Gasteiger partial charge in [-0.25, -0.2) is 0 Å². The van der Waals surface area contributed by atoms with Crippen LogP contribution in [0.25, 0.3) is 0 Å². The Morgan fingerprint density at radius 2 is 1.86 bits per heavy atom. The Hall–Kier alpha value is 0.250. The van der Waals surface area contributed by atoms with Crippen LogP contribution in [-0.4, -0.2) is 30.9 Å². The first kappa shape index (κ1) is 12.3. The van der Waals surface area contributed by atoms with Gasteiger partial charge in [0.15, 0.2) is 0 Å². The van der Waals surface area contributed by atoms with Gasteiger partial charge in [-0.2, -0.15) is 0 Å². The maximum Gasteiger partial charge on any atom is 0.0223 e. The third kappa shape index (κ3) is 5.21. The number of alkyl halides is 1. The first-order chi connectivity index (χ1) is 6.83. The first-order valence-corrected chi connectivity index (χ1v) is 6.61. The molecule has 2 heteroatoms. The Balaban J connectivity index is 2.03. The highest BCUT2D eigenvalue weighted by molar-refractivity contribution is 6.17. The van der Waals surface area contributed by atoms with Crippen LogP contribution in [0.1, 0.15) is 44.9 Å². The topological polar surface area (TPSA) is 3.24 Å². The first-order valence-electron chi connectivity index (χ1n) is 6.07. The summed E-state index contributed by atoms with van der Waals surface area (Å²) in [5, 5.41) is 0. The van der Waals surface area contributed by atoms with Crippen molar-refractivity contribution >= 4 is 11.6 Å². The maximum absolute atomic E-state index is 5.66. The van der Waals surface area contributed by atoms with E-state index in [0.29, 0.717) is 0 Å².